The molecule has 0 aliphatic rings. The molecule has 5 heteroatoms. The van der Waals surface area contributed by atoms with Gasteiger partial charge < -0.3 is 13.5 Å². The number of fused-ring (bicyclic) bond motifs is 2. The summed E-state index contributed by atoms with van der Waals surface area (Å²) in [4.78, 5) is 0. The Morgan fingerprint density at radius 3 is 1.96 bits per heavy atom. The molecular weight excluding hydrogens is 446 g/mol. The first-order valence-electron chi connectivity index (χ1n) is 6.62. The van der Waals surface area contributed by atoms with Crippen LogP contribution in [0, 0.1) is 0 Å². The number of benzene rings is 2. The van der Waals surface area contributed by atoms with E-state index in [-0.39, 0.29) is 13.5 Å². The molecule has 0 aromatic heterocycles. The Kier molecular flexibility index (Phi) is 10.3. The molecule has 0 saturated heterocycles. The average molecular weight is 460 g/mol. The van der Waals surface area contributed by atoms with Gasteiger partial charge in [0.15, 0.2) is 0 Å². The van der Waals surface area contributed by atoms with Gasteiger partial charge in [0.1, 0.15) is 0 Å². The van der Waals surface area contributed by atoms with Crippen molar-refractivity contribution in [2.75, 3.05) is 0 Å². The maximum atomic E-state index is 5.78. The second kappa shape index (κ2) is 11.3. The Morgan fingerprint density at radius 1 is 0.783 bits per heavy atom. The topological polar surface area (TPSA) is 0 Å². The zero-order valence-corrected chi connectivity index (χ0v) is 17.7. The maximum absolute atomic E-state index is 5.78. The van der Waals surface area contributed by atoms with Crippen molar-refractivity contribution in [2.24, 2.45) is 0 Å². The van der Waals surface area contributed by atoms with Crippen molar-refractivity contribution in [1.29, 1.82) is 0 Å². The normalized spacial score (nSPS) is 9.17. The quantitative estimate of drug-likeness (QED) is 0.157. The fourth-order valence-electron chi connectivity index (χ4n) is 2.18. The molecule has 0 amide bonds. The van der Waals surface area contributed by atoms with E-state index in [1.54, 1.807) is 0 Å². The van der Waals surface area contributed by atoms with Crippen LogP contribution in [0.25, 0.3) is 21.5 Å². The van der Waals surface area contributed by atoms with Gasteiger partial charge in [-0.15, -0.1) is 82.4 Å². The number of rotatable bonds is 0. The molecule has 0 atom stereocenters. The first kappa shape index (κ1) is 20.8. The third-order valence-electron chi connectivity index (χ3n) is 3.13. The molecule has 0 nitrogen and oxygen atoms in total. The monoisotopic (exact) mass is 457 g/mol. The van der Waals surface area contributed by atoms with Gasteiger partial charge in [-0.1, -0.05) is 12.1 Å². The Morgan fingerprint density at radius 2 is 1.35 bits per heavy atom. The zero-order valence-electron chi connectivity index (χ0n) is 12.1. The molecule has 4 aromatic carbocycles. The second-order valence-electron chi connectivity index (χ2n) is 4.53. The summed E-state index contributed by atoms with van der Waals surface area (Å²) in [5.74, 6) is 0. The molecule has 0 aliphatic heterocycles. The van der Waals surface area contributed by atoms with Gasteiger partial charge in [-0.2, -0.15) is 17.5 Å². The van der Waals surface area contributed by atoms with E-state index >= 15 is 0 Å². The van der Waals surface area contributed by atoms with E-state index in [9.17, 15) is 0 Å². The van der Waals surface area contributed by atoms with Crippen LogP contribution in [-0.4, -0.2) is 0 Å². The summed E-state index contributed by atoms with van der Waals surface area (Å²) in [6.07, 6.45) is 0. The number of thiol groups is 1. The number of halogens is 3. The van der Waals surface area contributed by atoms with Crippen LogP contribution in [0.15, 0.2) is 78.9 Å². The van der Waals surface area contributed by atoms with Gasteiger partial charge in [-0.3, -0.25) is 0 Å². The fraction of sp³-hybridized carbons (Fsp3) is 0. The average Bonchev–Trinajstić information content (AvgIpc) is 3.13. The molecule has 4 rings (SSSR count). The van der Waals surface area contributed by atoms with Crippen molar-refractivity contribution >= 4 is 63.7 Å². The zero-order chi connectivity index (χ0) is 15.8. The maximum Gasteiger partial charge on any atom is -0.0809 e. The van der Waals surface area contributed by atoms with Crippen molar-refractivity contribution in [3.63, 3.8) is 0 Å². The second-order valence-corrected chi connectivity index (χ2v) is 8.70. The van der Waals surface area contributed by atoms with E-state index < -0.39 is 20.8 Å². The molecule has 0 spiro atoms. The standard InChI is InChI=1S/C9H6Cl.C9H7.2ClH.H2S.Zr/c10-9-5-7-3-1-2-4-8(7)6-9;1-2-5-9-7-3-6-8(9)4-1;;;;/h1-6H;1-7H;2*1H;1H2;/q2*-1;;;;+2/p-3. The first-order chi connectivity index (χ1) is 10.7. The van der Waals surface area contributed by atoms with Crippen LogP contribution in [0.4, 0.5) is 0 Å². The van der Waals surface area contributed by atoms with Gasteiger partial charge in [0.2, 0.25) is 0 Å². The SMILES string of the molecule is Clc1cc2ccccc2[cH-]1.[Cl][Zr][Cl].[SH-].c1ccc2[cH-]ccc2c1. The van der Waals surface area contributed by atoms with E-state index in [0.717, 1.165) is 5.02 Å². The molecular formula is C18H14Cl3SZr-3. The Hall–Kier alpha value is -0.237. The molecule has 0 bridgehead atoms. The van der Waals surface area contributed by atoms with E-state index in [4.69, 9.17) is 28.6 Å². The minimum atomic E-state index is -0.826. The Bertz CT molecular complexity index is 760. The van der Waals surface area contributed by atoms with Gasteiger partial charge in [-0.25, -0.2) is 0 Å². The molecule has 0 heterocycles. The van der Waals surface area contributed by atoms with Gasteiger partial charge in [0.05, 0.1) is 0 Å². The minimum Gasteiger partial charge on any atom is -0.813 e. The van der Waals surface area contributed by atoms with Crippen LogP contribution in [0.2, 0.25) is 5.02 Å². The summed E-state index contributed by atoms with van der Waals surface area (Å²) in [6.45, 7) is 0. The van der Waals surface area contributed by atoms with Crippen LogP contribution in [0.3, 0.4) is 0 Å². The van der Waals surface area contributed by atoms with Crippen molar-refractivity contribution in [3.05, 3.63) is 83.9 Å². The van der Waals surface area contributed by atoms with Crippen LogP contribution in [-0.2, 0) is 34.3 Å². The van der Waals surface area contributed by atoms with Gasteiger partial charge in [0, 0.05) is 0 Å². The van der Waals surface area contributed by atoms with Crippen molar-refractivity contribution in [2.45, 2.75) is 0 Å². The van der Waals surface area contributed by atoms with E-state index in [1.807, 2.05) is 24.3 Å². The summed E-state index contributed by atoms with van der Waals surface area (Å²) in [6, 6.07) is 26.7. The van der Waals surface area contributed by atoms with Crippen LogP contribution < -0.4 is 0 Å². The van der Waals surface area contributed by atoms with Crippen molar-refractivity contribution < 1.29 is 20.8 Å². The molecule has 4 aromatic rings. The van der Waals surface area contributed by atoms with Crippen molar-refractivity contribution in [1.82, 2.24) is 0 Å². The third-order valence-corrected chi connectivity index (χ3v) is 3.35. The number of hydrogen-bond acceptors (Lipinski definition) is 1. The predicted octanol–water partition coefficient (Wildman–Crippen LogP) is 6.88. The summed E-state index contributed by atoms with van der Waals surface area (Å²) < 4.78 is 0. The molecule has 0 N–H and O–H groups in total. The largest absolute Gasteiger partial charge is 0.813 e. The molecule has 0 fully saturated rings. The molecule has 0 saturated carbocycles. The van der Waals surface area contributed by atoms with Crippen molar-refractivity contribution in [3.8, 4) is 0 Å². The first-order valence-corrected chi connectivity index (χ1v) is 13.3. The van der Waals surface area contributed by atoms with Crippen LogP contribution in [0.5, 0.6) is 0 Å². The van der Waals surface area contributed by atoms with E-state index in [2.05, 4.69) is 54.6 Å². The summed E-state index contributed by atoms with van der Waals surface area (Å²) in [7, 11) is 9.87. The third kappa shape index (κ3) is 6.65. The molecule has 0 aliphatic carbocycles. The van der Waals surface area contributed by atoms with Gasteiger partial charge >= 0.3 is 37.9 Å². The fourth-order valence-corrected chi connectivity index (χ4v) is 2.42. The number of hydrogen-bond donors (Lipinski definition) is 0. The molecule has 23 heavy (non-hydrogen) atoms. The van der Waals surface area contributed by atoms with E-state index in [0.29, 0.717) is 0 Å². The Labute approximate surface area is 167 Å². The smallest absolute Gasteiger partial charge is 0.0809 e. The van der Waals surface area contributed by atoms with Gasteiger partial charge in [-0.05, 0) is 5.02 Å². The predicted molar refractivity (Wildman–Crippen MR) is 105 cm³/mol. The minimum absolute atomic E-state index is 0. The Balaban J connectivity index is 0.000000191. The van der Waals surface area contributed by atoms with Crippen LogP contribution in [0.1, 0.15) is 0 Å². The summed E-state index contributed by atoms with van der Waals surface area (Å²) >= 11 is 4.96. The molecule has 0 unspecified atom stereocenters. The molecule has 120 valence electrons. The van der Waals surface area contributed by atoms with Gasteiger partial charge in [0.25, 0.3) is 0 Å². The summed E-state index contributed by atoms with van der Waals surface area (Å²) in [5, 5.41) is 5.91. The molecule has 0 radical (unpaired) electrons. The van der Waals surface area contributed by atoms with Crippen LogP contribution >= 0.6 is 28.6 Å². The van der Waals surface area contributed by atoms with E-state index in [1.165, 1.54) is 21.5 Å². The summed E-state index contributed by atoms with van der Waals surface area (Å²) in [5.41, 5.74) is 0.